The van der Waals surface area contributed by atoms with E-state index in [-0.39, 0.29) is 0 Å². The zero-order chi connectivity index (χ0) is 65.8. The molecule has 5 heteroatoms. The Labute approximate surface area is 577 Å². The highest BCUT2D eigenvalue weighted by atomic mass is 15.2. The Morgan fingerprint density at radius 1 is 0.190 bits per heavy atom. The van der Waals surface area contributed by atoms with E-state index < -0.39 is 0 Å². The van der Waals surface area contributed by atoms with Crippen molar-refractivity contribution in [2.24, 2.45) is 0 Å². The molecule has 0 aliphatic carbocycles. The third-order valence-corrected chi connectivity index (χ3v) is 20.5. The quantitative estimate of drug-likeness (QED) is 0.137. The van der Waals surface area contributed by atoms with E-state index in [4.69, 9.17) is 15.0 Å². The first kappa shape index (κ1) is 56.9. The average molecular weight is 1270 g/mol. The van der Waals surface area contributed by atoms with E-state index in [0.29, 0.717) is 17.6 Å². The van der Waals surface area contributed by atoms with E-state index in [2.05, 4.69) is 367 Å². The second-order valence-electron chi connectivity index (χ2n) is 26.1. The van der Waals surface area contributed by atoms with Crippen molar-refractivity contribution in [1.82, 2.24) is 24.1 Å². The van der Waals surface area contributed by atoms with Gasteiger partial charge in [0.15, 0.2) is 11.6 Å². The largest absolute Gasteiger partial charge is 0.307 e. The summed E-state index contributed by atoms with van der Waals surface area (Å²) in [5.74, 6) is 1.62. The fourth-order valence-corrected chi connectivity index (χ4v) is 16.0. The minimum atomic E-state index is 0.514. The Morgan fingerprint density at radius 2 is 0.530 bits per heavy atom. The Bertz CT molecular complexity index is 6510. The summed E-state index contributed by atoms with van der Waals surface area (Å²) < 4.78 is 4.71. The van der Waals surface area contributed by atoms with Crippen LogP contribution in [0.4, 0.5) is 0 Å². The molecule has 0 saturated carbocycles. The zero-order valence-electron chi connectivity index (χ0n) is 54.3. The maximum absolute atomic E-state index is 5.86. The van der Waals surface area contributed by atoms with Crippen LogP contribution in [0.5, 0.6) is 0 Å². The van der Waals surface area contributed by atoms with Gasteiger partial charge in [0.05, 0.1) is 22.1 Å². The van der Waals surface area contributed by atoms with Gasteiger partial charge in [0.25, 0.3) is 0 Å². The van der Waals surface area contributed by atoms with Crippen LogP contribution in [0.3, 0.4) is 0 Å². The molecule has 0 unspecified atom stereocenters. The van der Waals surface area contributed by atoms with Crippen molar-refractivity contribution in [2.75, 3.05) is 0 Å². The maximum atomic E-state index is 5.86. The molecule has 0 spiro atoms. The summed E-state index contributed by atoms with van der Waals surface area (Å²) in [4.78, 5) is 17.2. The molecule has 17 aromatic carbocycles. The zero-order valence-corrected chi connectivity index (χ0v) is 54.3. The van der Waals surface area contributed by atoms with Crippen LogP contribution in [0, 0.1) is 0 Å². The number of rotatable bonds is 10. The monoisotopic (exact) mass is 1270 g/mol. The highest BCUT2D eigenvalue weighted by Gasteiger charge is 2.26. The molecule has 464 valence electrons. The van der Waals surface area contributed by atoms with Crippen molar-refractivity contribution in [1.29, 1.82) is 0 Å². The van der Waals surface area contributed by atoms with Gasteiger partial charge in [0.1, 0.15) is 0 Å². The highest BCUT2D eigenvalue weighted by Crippen LogP contribution is 2.48. The molecule has 3 heterocycles. The van der Waals surface area contributed by atoms with Gasteiger partial charge >= 0.3 is 0 Å². The fraction of sp³-hybridized carbons (Fsp3) is 0. The van der Waals surface area contributed by atoms with Crippen LogP contribution >= 0.6 is 0 Å². The fourth-order valence-electron chi connectivity index (χ4n) is 16.0. The summed E-state index contributed by atoms with van der Waals surface area (Å²) in [6.07, 6.45) is 0. The molecule has 0 fully saturated rings. The molecule has 0 bridgehead atoms. The summed E-state index contributed by atoms with van der Waals surface area (Å²) in [6.45, 7) is 0. The minimum absolute atomic E-state index is 0.514. The lowest BCUT2D eigenvalue weighted by molar-refractivity contribution is 0.953. The van der Waals surface area contributed by atoms with E-state index in [1.165, 1.54) is 76.1 Å². The lowest BCUT2D eigenvalue weighted by Crippen LogP contribution is -2.07. The number of hydrogen-bond acceptors (Lipinski definition) is 3. The Morgan fingerprint density at radius 3 is 1.07 bits per heavy atom. The van der Waals surface area contributed by atoms with Gasteiger partial charge in [0, 0.05) is 38.4 Å². The number of fused-ring (bicyclic) bond motifs is 12. The molecule has 5 nitrogen and oxygen atoms in total. The standard InChI is InChI=1S/C95H59N5/c1-3-28-64(29-4-1)93-96-94(98-95(97-93)100-89-49-18-16-41-82(89)87-53-52-86-81-40-15-17-48-88(81)99(91(86)92(87)100)71-34-5-2-6-35-71)70-57-66(65-54-67(76-42-19-30-60-24-7-11-36-72(60)76)58-68(55-65)77-43-20-31-61-25-8-12-37-73(61)77)56-69(59-70)78-50-51-85(80-45-22-33-63-27-10-14-39-75(63)80)90-83(78)46-23-47-84(90)79-44-21-32-62-26-9-13-38-74(62)79/h1-59H. The summed E-state index contributed by atoms with van der Waals surface area (Å²) in [7, 11) is 0. The van der Waals surface area contributed by atoms with Crippen molar-refractivity contribution in [3.8, 4) is 101 Å². The molecule has 0 aliphatic heterocycles. The normalized spacial score (nSPS) is 11.8. The highest BCUT2D eigenvalue weighted by molar-refractivity contribution is 6.24. The Hall–Kier alpha value is -13.4. The van der Waals surface area contributed by atoms with Gasteiger partial charge in [-0.3, -0.25) is 4.57 Å². The van der Waals surface area contributed by atoms with E-state index >= 15 is 0 Å². The van der Waals surface area contributed by atoms with Gasteiger partial charge in [-0.15, -0.1) is 0 Å². The summed E-state index contributed by atoms with van der Waals surface area (Å²) in [5.41, 5.74) is 20.4. The van der Waals surface area contributed by atoms with E-state index in [1.807, 2.05) is 0 Å². The topological polar surface area (TPSA) is 48.5 Å². The molecule has 100 heavy (non-hydrogen) atoms. The molecule has 3 aromatic heterocycles. The van der Waals surface area contributed by atoms with Gasteiger partial charge in [-0.1, -0.05) is 297 Å². The van der Waals surface area contributed by atoms with Crippen LogP contribution in [-0.4, -0.2) is 24.1 Å². The third-order valence-electron chi connectivity index (χ3n) is 20.5. The van der Waals surface area contributed by atoms with Crippen molar-refractivity contribution in [3.05, 3.63) is 358 Å². The van der Waals surface area contributed by atoms with Gasteiger partial charge in [0.2, 0.25) is 5.95 Å². The molecule has 0 atom stereocenters. The maximum Gasteiger partial charge on any atom is 0.238 e. The molecule has 20 aromatic rings. The summed E-state index contributed by atoms with van der Waals surface area (Å²) in [6, 6.07) is 131. The average Bonchev–Trinajstić information content (AvgIpc) is 1.53. The minimum Gasteiger partial charge on any atom is -0.307 e. The lowest BCUT2D eigenvalue weighted by atomic mass is 9.84. The van der Waals surface area contributed by atoms with Crippen LogP contribution in [0.2, 0.25) is 0 Å². The second-order valence-corrected chi connectivity index (χ2v) is 26.1. The first-order valence-electron chi connectivity index (χ1n) is 34.2. The molecular formula is C95H59N5. The van der Waals surface area contributed by atoms with Gasteiger partial charge in [-0.05, 0) is 181 Å². The number of benzene rings is 17. The Balaban J connectivity index is 0.905. The number of aromatic nitrogens is 5. The van der Waals surface area contributed by atoms with Crippen LogP contribution < -0.4 is 0 Å². The van der Waals surface area contributed by atoms with Crippen LogP contribution in [0.15, 0.2) is 358 Å². The predicted molar refractivity (Wildman–Crippen MR) is 420 cm³/mol. The first-order chi connectivity index (χ1) is 49.6. The summed E-state index contributed by atoms with van der Waals surface area (Å²) in [5, 5.41) is 16.4. The third kappa shape index (κ3) is 9.28. The smallest absolute Gasteiger partial charge is 0.238 e. The molecule has 0 amide bonds. The summed E-state index contributed by atoms with van der Waals surface area (Å²) >= 11 is 0. The number of nitrogens with zero attached hydrogens (tertiary/aromatic N) is 5. The number of para-hydroxylation sites is 3. The number of hydrogen-bond donors (Lipinski definition) is 0. The van der Waals surface area contributed by atoms with Crippen LogP contribution in [0.25, 0.3) is 199 Å². The molecular weight excluding hydrogens is 1210 g/mol. The first-order valence-corrected chi connectivity index (χ1v) is 34.2. The van der Waals surface area contributed by atoms with Crippen molar-refractivity contribution < 1.29 is 0 Å². The van der Waals surface area contributed by atoms with Gasteiger partial charge in [-0.25, -0.2) is 4.98 Å². The predicted octanol–water partition coefficient (Wildman–Crippen LogP) is 25.2. The van der Waals surface area contributed by atoms with E-state index in [9.17, 15) is 0 Å². The SMILES string of the molecule is c1ccc(-c2nc(-c3cc(-c4cc(-c5cccc6ccccc56)cc(-c5cccc6ccccc56)c4)cc(-c4ccc(-c5cccc6ccccc56)c5c(-c6cccc7ccccc67)cccc45)c3)nc(-n3c4ccccc4c4ccc5c6ccccc6n(-c6ccccc6)c5c43)n2)cc1. The molecule has 0 saturated heterocycles. The Kier molecular flexibility index (Phi) is 13.2. The van der Waals surface area contributed by atoms with Crippen molar-refractivity contribution in [2.45, 2.75) is 0 Å². The van der Waals surface area contributed by atoms with Crippen molar-refractivity contribution in [3.63, 3.8) is 0 Å². The van der Waals surface area contributed by atoms with E-state index in [1.54, 1.807) is 0 Å². The molecule has 0 N–H and O–H groups in total. The molecule has 0 aliphatic rings. The van der Waals surface area contributed by atoms with Gasteiger partial charge in [-0.2, -0.15) is 9.97 Å². The molecule has 20 rings (SSSR count). The second kappa shape index (κ2) is 23.2. The van der Waals surface area contributed by atoms with Crippen LogP contribution in [-0.2, 0) is 0 Å². The lowest BCUT2D eigenvalue weighted by Gasteiger charge is -2.19. The van der Waals surface area contributed by atoms with E-state index in [0.717, 1.165) is 105 Å². The molecule has 0 radical (unpaired) electrons. The van der Waals surface area contributed by atoms with Gasteiger partial charge < -0.3 is 4.57 Å². The van der Waals surface area contributed by atoms with Crippen LogP contribution in [0.1, 0.15) is 0 Å². The van der Waals surface area contributed by atoms with Crippen molar-refractivity contribution >= 4 is 97.5 Å².